The molecule has 1 heterocycles. The third-order valence-electron chi connectivity index (χ3n) is 2.49. The zero-order valence-electron chi connectivity index (χ0n) is 10.6. The van der Waals surface area contributed by atoms with E-state index in [0.717, 1.165) is 0 Å². The number of nitriles is 1. The third-order valence-corrected chi connectivity index (χ3v) is 4.34. The molecule has 0 aliphatic rings. The average molecular weight is 268 g/mol. The molecule has 98 valence electrons. The fraction of sp³-hybridized carbons (Fsp3) is 0.455. The summed E-state index contributed by atoms with van der Waals surface area (Å²) >= 11 is 0. The lowest BCUT2D eigenvalue weighted by molar-refractivity contribution is 0.439. The van der Waals surface area contributed by atoms with Crippen LogP contribution in [0.25, 0.3) is 0 Å². The van der Waals surface area contributed by atoms with Gasteiger partial charge in [0.15, 0.2) is 0 Å². The van der Waals surface area contributed by atoms with Crippen LogP contribution in [0.4, 0.5) is 5.69 Å². The molecule has 0 amide bonds. The molecule has 6 nitrogen and oxygen atoms in total. The second-order valence-corrected chi connectivity index (χ2v) is 5.95. The van der Waals surface area contributed by atoms with Gasteiger partial charge >= 0.3 is 0 Å². The van der Waals surface area contributed by atoms with Crippen LogP contribution in [0.2, 0.25) is 0 Å². The topological polar surface area (TPSA) is 86.1 Å². The van der Waals surface area contributed by atoms with Gasteiger partial charge in [0.1, 0.15) is 4.90 Å². The zero-order valence-corrected chi connectivity index (χ0v) is 11.4. The Balaban J connectivity index is 3.10. The second kappa shape index (κ2) is 5.80. The molecule has 1 aromatic rings. The smallest absolute Gasteiger partial charge is 0.246 e. The summed E-state index contributed by atoms with van der Waals surface area (Å²) in [5.74, 6) is -0.362. The molecule has 0 saturated carbocycles. The van der Waals surface area contributed by atoms with Crippen LogP contribution in [0.1, 0.15) is 6.92 Å². The van der Waals surface area contributed by atoms with Crippen LogP contribution in [0.15, 0.2) is 23.4 Å². The lowest BCUT2D eigenvalue weighted by Gasteiger charge is -2.19. The lowest BCUT2D eigenvalue weighted by atomic mass is 10.2. The number of anilines is 1. The van der Waals surface area contributed by atoms with Crippen LogP contribution >= 0.6 is 0 Å². The normalized spacial score (nSPS) is 13.1. The summed E-state index contributed by atoms with van der Waals surface area (Å²) in [7, 11) is -0.531. The molecule has 7 heteroatoms. The third kappa shape index (κ3) is 2.97. The Hall–Kier alpha value is -1.65. The molecule has 1 unspecified atom stereocenters. The number of hydrogen-bond donors (Lipinski definition) is 1. The van der Waals surface area contributed by atoms with Crippen molar-refractivity contribution in [2.75, 3.05) is 26.0 Å². The van der Waals surface area contributed by atoms with Crippen molar-refractivity contribution in [1.29, 1.82) is 5.26 Å². The Labute approximate surface area is 107 Å². The van der Waals surface area contributed by atoms with Crippen LogP contribution in [-0.4, -0.2) is 38.3 Å². The highest BCUT2D eigenvalue weighted by atomic mass is 32.2. The minimum atomic E-state index is -3.63. The quantitative estimate of drug-likeness (QED) is 0.857. The van der Waals surface area contributed by atoms with Gasteiger partial charge < -0.3 is 5.32 Å². The number of pyridine rings is 1. The standard InChI is InChI=1S/C11H16N4O2S/c1-9(6-12)8-15(3)18(16,17)11-7-14-5-4-10(11)13-2/h4-5,7,9H,8H2,1-3H3,(H,13,14). The van der Waals surface area contributed by atoms with E-state index in [1.165, 1.54) is 23.7 Å². The van der Waals surface area contributed by atoms with Gasteiger partial charge in [0.05, 0.1) is 17.7 Å². The molecule has 0 fully saturated rings. The van der Waals surface area contributed by atoms with Gasteiger partial charge in [-0.15, -0.1) is 0 Å². The molecule has 0 saturated heterocycles. The summed E-state index contributed by atoms with van der Waals surface area (Å²) in [4.78, 5) is 3.94. The van der Waals surface area contributed by atoms with Gasteiger partial charge in [-0.05, 0) is 13.0 Å². The van der Waals surface area contributed by atoms with E-state index < -0.39 is 10.0 Å². The summed E-state index contributed by atoms with van der Waals surface area (Å²) in [6.07, 6.45) is 2.82. The fourth-order valence-corrected chi connectivity index (χ4v) is 2.88. The van der Waals surface area contributed by atoms with E-state index in [9.17, 15) is 8.42 Å². The monoisotopic (exact) mass is 268 g/mol. The summed E-state index contributed by atoms with van der Waals surface area (Å²) < 4.78 is 25.8. The molecule has 1 aromatic heterocycles. The van der Waals surface area contributed by atoms with Crippen LogP contribution in [0.3, 0.4) is 0 Å². The molecule has 0 bridgehead atoms. The predicted molar refractivity (Wildman–Crippen MR) is 68.4 cm³/mol. The molecular weight excluding hydrogens is 252 g/mol. The highest BCUT2D eigenvalue weighted by Crippen LogP contribution is 2.22. The molecule has 1 rings (SSSR count). The van der Waals surface area contributed by atoms with Gasteiger partial charge in [-0.25, -0.2) is 8.42 Å². The maximum absolute atomic E-state index is 12.3. The first kappa shape index (κ1) is 14.4. The van der Waals surface area contributed by atoms with Gasteiger partial charge in [-0.3, -0.25) is 4.98 Å². The highest BCUT2D eigenvalue weighted by molar-refractivity contribution is 7.89. The molecular formula is C11H16N4O2S. The number of nitrogens with zero attached hydrogens (tertiary/aromatic N) is 3. The Morgan fingerprint density at radius 1 is 1.61 bits per heavy atom. The van der Waals surface area contributed by atoms with Gasteiger partial charge in [-0.2, -0.15) is 9.57 Å². The maximum Gasteiger partial charge on any atom is 0.246 e. The van der Waals surface area contributed by atoms with Crippen LogP contribution in [0, 0.1) is 17.2 Å². The number of nitrogens with one attached hydrogen (secondary N) is 1. The van der Waals surface area contributed by atoms with Crippen LogP contribution in [-0.2, 0) is 10.0 Å². The molecule has 0 radical (unpaired) electrons. The fourth-order valence-electron chi connectivity index (χ4n) is 1.48. The van der Waals surface area contributed by atoms with E-state index >= 15 is 0 Å². The van der Waals surface area contributed by atoms with Crippen molar-refractivity contribution in [2.24, 2.45) is 5.92 Å². The Bertz CT molecular complexity index is 550. The average Bonchev–Trinajstić information content (AvgIpc) is 2.38. The van der Waals surface area contributed by atoms with E-state index in [4.69, 9.17) is 5.26 Å². The molecule has 1 N–H and O–H groups in total. The Kier molecular flexibility index (Phi) is 4.64. The molecule has 0 aromatic carbocycles. The first-order valence-corrected chi connectivity index (χ1v) is 6.85. The van der Waals surface area contributed by atoms with E-state index in [0.29, 0.717) is 5.69 Å². The first-order chi connectivity index (χ1) is 8.43. The summed E-state index contributed by atoms with van der Waals surface area (Å²) in [6, 6.07) is 3.60. The SMILES string of the molecule is CNc1ccncc1S(=O)(=O)N(C)CC(C)C#N. The zero-order chi connectivity index (χ0) is 13.8. The number of hydrogen-bond acceptors (Lipinski definition) is 5. The summed E-state index contributed by atoms with van der Waals surface area (Å²) in [6.45, 7) is 1.82. The van der Waals surface area contributed by atoms with Crippen molar-refractivity contribution in [3.63, 3.8) is 0 Å². The van der Waals surface area contributed by atoms with Crippen molar-refractivity contribution in [3.05, 3.63) is 18.5 Å². The van der Waals surface area contributed by atoms with Crippen molar-refractivity contribution >= 4 is 15.7 Å². The van der Waals surface area contributed by atoms with Crippen LogP contribution < -0.4 is 5.32 Å². The molecule has 0 spiro atoms. The van der Waals surface area contributed by atoms with Gasteiger partial charge in [0.25, 0.3) is 0 Å². The first-order valence-electron chi connectivity index (χ1n) is 5.41. The van der Waals surface area contributed by atoms with Crippen molar-refractivity contribution in [1.82, 2.24) is 9.29 Å². The van der Waals surface area contributed by atoms with Crippen molar-refractivity contribution in [2.45, 2.75) is 11.8 Å². The summed E-state index contributed by atoms with van der Waals surface area (Å²) in [5.41, 5.74) is 0.487. The van der Waals surface area contributed by atoms with Gasteiger partial charge in [0.2, 0.25) is 10.0 Å². The van der Waals surface area contributed by atoms with E-state index in [1.807, 2.05) is 6.07 Å². The maximum atomic E-state index is 12.3. The molecule has 18 heavy (non-hydrogen) atoms. The minimum Gasteiger partial charge on any atom is -0.387 e. The second-order valence-electron chi connectivity index (χ2n) is 3.94. The van der Waals surface area contributed by atoms with Crippen molar-refractivity contribution < 1.29 is 8.42 Å². The number of rotatable bonds is 5. The summed E-state index contributed by atoms with van der Waals surface area (Å²) in [5, 5.41) is 11.5. The van der Waals surface area contributed by atoms with Crippen LogP contribution in [0.5, 0.6) is 0 Å². The largest absolute Gasteiger partial charge is 0.387 e. The predicted octanol–water partition coefficient (Wildman–Crippen LogP) is 0.903. The number of sulfonamides is 1. The molecule has 0 aliphatic heterocycles. The van der Waals surface area contributed by atoms with Gasteiger partial charge in [0, 0.05) is 33.0 Å². The molecule has 1 atom stereocenters. The highest BCUT2D eigenvalue weighted by Gasteiger charge is 2.25. The van der Waals surface area contributed by atoms with Gasteiger partial charge in [-0.1, -0.05) is 0 Å². The van der Waals surface area contributed by atoms with E-state index in [1.54, 1.807) is 20.0 Å². The Morgan fingerprint density at radius 2 is 2.28 bits per heavy atom. The van der Waals surface area contributed by atoms with E-state index in [2.05, 4.69) is 10.3 Å². The number of aromatic nitrogens is 1. The minimum absolute atomic E-state index is 0.111. The van der Waals surface area contributed by atoms with E-state index in [-0.39, 0.29) is 17.4 Å². The Morgan fingerprint density at radius 3 is 2.83 bits per heavy atom. The molecule has 0 aliphatic carbocycles. The van der Waals surface area contributed by atoms with Crippen molar-refractivity contribution in [3.8, 4) is 6.07 Å². The lowest BCUT2D eigenvalue weighted by Crippen LogP contribution is -2.31.